The van der Waals surface area contributed by atoms with Crippen LogP contribution in [0.15, 0.2) is 60.7 Å². The van der Waals surface area contributed by atoms with Crippen LogP contribution >= 0.6 is 0 Å². The normalized spacial score (nSPS) is 13.9. The first-order chi connectivity index (χ1) is 27.7. The van der Waals surface area contributed by atoms with Crippen LogP contribution < -0.4 is 4.90 Å². The molecule has 1 fully saturated rings. The number of amides is 1. The van der Waals surface area contributed by atoms with Crippen LogP contribution in [-0.4, -0.2) is 156 Å². The number of para-hydroxylation sites is 1. The summed E-state index contributed by atoms with van der Waals surface area (Å²) >= 11 is 0. The summed E-state index contributed by atoms with van der Waals surface area (Å²) in [6, 6.07) is 19.3. The van der Waals surface area contributed by atoms with E-state index in [2.05, 4.69) is 53.5 Å². The third kappa shape index (κ3) is 22.9. The number of likely N-dealkylation sites (tertiary alicyclic amines) is 1. The number of anilines is 1. The van der Waals surface area contributed by atoms with Crippen molar-refractivity contribution in [1.82, 2.24) is 4.90 Å². The van der Waals surface area contributed by atoms with Crippen molar-refractivity contribution in [2.45, 2.75) is 51.5 Å². The number of allylic oxidation sites excluding steroid dienone is 1. The Bertz CT molecular complexity index is 1230. The van der Waals surface area contributed by atoms with Crippen molar-refractivity contribution in [3.63, 3.8) is 0 Å². The number of methoxy groups -OCH3 is 1. The molecular formula is C44H70N2O10. The fourth-order valence-electron chi connectivity index (χ4n) is 6.11. The molecule has 0 radical (unpaired) electrons. The maximum Gasteiger partial charge on any atom is 0.226 e. The molecule has 1 aliphatic heterocycles. The summed E-state index contributed by atoms with van der Waals surface area (Å²) in [5.74, 6) is 0.212. The van der Waals surface area contributed by atoms with Gasteiger partial charge in [-0.25, -0.2) is 0 Å². The lowest BCUT2D eigenvalue weighted by Crippen LogP contribution is -2.47. The predicted molar refractivity (Wildman–Crippen MR) is 221 cm³/mol. The molecule has 1 saturated heterocycles. The van der Waals surface area contributed by atoms with E-state index in [1.807, 2.05) is 30.0 Å². The van der Waals surface area contributed by atoms with Gasteiger partial charge in [-0.05, 0) is 55.4 Å². The summed E-state index contributed by atoms with van der Waals surface area (Å²) in [6.07, 6.45) is 9.95. The molecule has 0 N–H and O–H groups in total. The van der Waals surface area contributed by atoms with Gasteiger partial charge < -0.3 is 52.4 Å². The Kier molecular flexibility index (Phi) is 28.3. The molecule has 0 aliphatic carbocycles. The van der Waals surface area contributed by atoms with E-state index >= 15 is 0 Å². The molecule has 2 aromatic rings. The quantitative estimate of drug-likeness (QED) is 0.0803. The van der Waals surface area contributed by atoms with Crippen molar-refractivity contribution in [3.8, 4) is 0 Å². The molecule has 3 rings (SSSR count). The standard InChI is InChI=1S/C44H70N2O10/c1-3-44(47)46(42-11-7-4-8-12-42)43-18-21-45(22-19-43)20-17-41-15-13-40(14-16-41)10-6-5-9-23-49-26-27-51-30-31-53-34-35-55-38-39-56-37-36-54-33-32-52-29-28-50-25-24-48-2/h4,6-8,10-16,43H,3,5,9,17-39H2,1-2H3/b10-6+. The van der Waals surface area contributed by atoms with Crippen molar-refractivity contribution in [3.05, 3.63) is 71.8 Å². The Morgan fingerprint density at radius 3 is 1.57 bits per heavy atom. The number of hydrogen-bond donors (Lipinski definition) is 0. The molecule has 0 spiro atoms. The molecule has 0 saturated carbocycles. The fraction of sp³-hybridized carbons (Fsp3) is 0.659. The number of carbonyl (C=O) groups is 1. The lowest BCUT2D eigenvalue weighted by molar-refractivity contribution is -0.119. The van der Waals surface area contributed by atoms with E-state index in [4.69, 9.17) is 42.6 Å². The second kappa shape index (κ2) is 33.2. The molecule has 1 aliphatic rings. The summed E-state index contributed by atoms with van der Waals surface area (Å²) < 4.78 is 48.9. The monoisotopic (exact) mass is 787 g/mol. The van der Waals surface area contributed by atoms with Gasteiger partial charge in [0.25, 0.3) is 0 Å². The molecular weight excluding hydrogens is 716 g/mol. The molecule has 1 amide bonds. The zero-order chi connectivity index (χ0) is 39.6. The fourth-order valence-corrected chi connectivity index (χ4v) is 6.11. The summed E-state index contributed by atoms with van der Waals surface area (Å²) in [5, 5.41) is 0. The van der Waals surface area contributed by atoms with E-state index in [1.165, 1.54) is 11.1 Å². The van der Waals surface area contributed by atoms with Gasteiger partial charge in [0.2, 0.25) is 5.91 Å². The van der Waals surface area contributed by atoms with Crippen LogP contribution in [0.3, 0.4) is 0 Å². The third-order valence-electron chi connectivity index (χ3n) is 9.23. The Morgan fingerprint density at radius 1 is 0.643 bits per heavy atom. The smallest absolute Gasteiger partial charge is 0.226 e. The van der Waals surface area contributed by atoms with Crippen LogP contribution in [0, 0.1) is 0 Å². The van der Waals surface area contributed by atoms with Crippen molar-refractivity contribution in [2.75, 3.05) is 144 Å². The number of hydrogen-bond acceptors (Lipinski definition) is 11. The topological polar surface area (TPSA) is 107 Å². The van der Waals surface area contributed by atoms with Gasteiger partial charge in [-0.3, -0.25) is 4.79 Å². The maximum absolute atomic E-state index is 12.8. The lowest BCUT2D eigenvalue weighted by atomic mass is 10.0. The van der Waals surface area contributed by atoms with Gasteiger partial charge in [0.1, 0.15) is 0 Å². The average molecular weight is 787 g/mol. The van der Waals surface area contributed by atoms with E-state index < -0.39 is 0 Å². The Balaban J connectivity index is 1.05. The van der Waals surface area contributed by atoms with Gasteiger partial charge in [0.05, 0.1) is 106 Å². The average Bonchev–Trinajstić information content (AvgIpc) is 3.23. The molecule has 316 valence electrons. The largest absolute Gasteiger partial charge is 0.382 e. The second-order valence-corrected chi connectivity index (χ2v) is 13.5. The number of carbonyl (C=O) groups excluding carboxylic acids is 1. The molecule has 1 heterocycles. The predicted octanol–water partition coefficient (Wildman–Crippen LogP) is 5.71. The van der Waals surface area contributed by atoms with Gasteiger partial charge in [0.15, 0.2) is 0 Å². The number of benzene rings is 2. The third-order valence-corrected chi connectivity index (χ3v) is 9.23. The molecule has 12 nitrogen and oxygen atoms in total. The van der Waals surface area contributed by atoms with E-state index in [0.717, 1.165) is 64.0 Å². The number of rotatable bonds is 35. The molecule has 0 bridgehead atoms. The summed E-state index contributed by atoms with van der Waals surface area (Å²) in [7, 11) is 1.65. The second-order valence-electron chi connectivity index (χ2n) is 13.5. The van der Waals surface area contributed by atoms with E-state index in [-0.39, 0.29) is 11.9 Å². The number of nitrogens with zero attached hydrogens (tertiary/aromatic N) is 2. The maximum atomic E-state index is 12.8. The van der Waals surface area contributed by atoms with E-state index in [9.17, 15) is 4.79 Å². The van der Waals surface area contributed by atoms with Crippen molar-refractivity contribution in [2.24, 2.45) is 0 Å². The highest BCUT2D eigenvalue weighted by molar-refractivity contribution is 5.93. The SMILES string of the molecule is CCC(=O)N(c1ccccc1)C1CCN(CCc2ccc(/C=C/CCCOCCOCCOCCOCCOCCOCCOCCOCCOC)cc2)CC1. The Labute approximate surface area is 336 Å². The number of ether oxygens (including phenoxy) is 9. The van der Waals surface area contributed by atoms with Crippen LogP contribution in [0.5, 0.6) is 0 Å². The highest BCUT2D eigenvalue weighted by Crippen LogP contribution is 2.25. The van der Waals surface area contributed by atoms with Crippen LogP contribution in [0.1, 0.15) is 50.2 Å². The van der Waals surface area contributed by atoms with E-state index in [1.54, 1.807) is 7.11 Å². The van der Waals surface area contributed by atoms with Crippen molar-refractivity contribution in [1.29, 1.82) is 0 Å². The van der Waals surface area contributed by atoms with Gasteiger partial charge >= 0.3 is 0 Å². The van der Waals surface area contributed by atoms with Gasteiger partial charge in [-0.2, -0.15) is 0 Å². The zero-order valence-electron chi connectivity index (χ0n) is 34.3. The summed E-state index contributed by atoms with van der Waals surface area (Å²) in [4.78, 5) is 17.3. The summed E-state index contributed by atoms with van der Waals surface area (Å²) in [6.45, 7) is 14.5. The first kappa shape index (κ1) is 47.6. The molecule has 0 aromatic heterocycles. The highest BCUT2D eigenvalue weighted by Gasteiger charge is 2.28. The lowest BCUT2D eigenvalue weighted by Gasteiger charge is -2.38. The molecule has 56 heavy (non-hydrogen) atoms. The van der Waals surface area contributed by atoms with Crippen LogP contribution in [0.2, 0.25) is 0 Å². The van der Waals surface area contributed by atoms with Crippen LogP contribution in [0.4, 0.5) is 5.69 Å². The number of unbranched alkanes of at least 4 members (excludes halogenated alkanes) is 1. The van der Waals surface area contributed by atoms with E-state index in [0.29, 0.717) is 112 Å². The van der Waals surface area contributed by atoms with Crippen molar-refractivity contribution < 1.29 is 47.4 Å². The first-order valence-electron chi connectivity index (χ1n) is 20.7. The highest BCUT2D eigenvalue weighted by atomic mass is 16.6. The van der Waals surface area contributed by atoms with Gasteiger partial charge in [-0.1, -0.05) is 61.5 Å². The Morgan fingerprint density at radius 2 is 1.11 bits per heavy atom. The van der Waals surface area contributed by atoms with Gasteiger partial charge in [0, 0.05) is 51.5 Å². The minimum Gasteiger partial charge on any atom is -0.382 e. The Hall–Kier alpha value is -2.75. The minimum absolute atomic E-state index is 0.212. The zero-order valence-corrected chi connectivity index (χ0v) is 34.3. The molecule has 2 aromatic carbocycles. The van der Waals surface area contributed by atoms with Crippen LogP contribution in [-0.2, 0) is 53.8 Å². The molecule has 0 unspecified atom stereocenters. The molecule has 0 atom stereocenters. The molecule has 12 heteroatoms. The number of piperidine rings is 1. The van der Waals surface area contributed by atoms with Crippen LogP contribution in [0.25, 0.3) is 6.08 Å². The minimum atomic E-state index is 0.212. The summed E-state index contributed by atoms with van der Waals surface area (Å²) in [5.41, 5.74) is 3.60. The van der Waals surface area contributed by atoms with Gasteiger partial charge in [-0.15, -0.1) is 0 Å². The first-order valence-corrected chi connectivity index (χ1v) is 20.7. The van der Waals surface area contributed by atoms with Crippen molar-refractivity contribution >= 4 is 17.7 Å².